The topological polar surface area (TPSA) is 54.9 Å². The van der Waals surface area contributed by atoms with Crippen LogP contribution in [0.25, 0.3) is 0 Å². The largest absolute Gasteiger partial charge is 0.491 e. The summed E-state index contributed by atoms with van der Waals surface area (Å²) in [5.41, 5.74) is 1.14. The lowest BCUT2D eigenvalue weighted by atomic mass is 10.2. The van der Waals surface area contributed by atoms with Crippen LogP contribution >= 0.6 is 11.3 Å². The Morgan fingerprint density at radius 3 is 2.67 bits per heavy atom. The molecule has 2 rings (SSSR count). The van der Waals surface area contributed by atoms with Gasteiger partial charge in [-0.3, -0.25) is 4.99 Å². The second-order valence-electron chi connectivity index (χ2n) is 5.28. The number of guanidine groups is 1. The SMILES string of the molecule is CN=C(NCc1cccc(OCCOC)c1)NCc1ccc(C)s1. The fourth-order valence-corrected chi connectivity index (χ4v) is 2.98. The molecule has 6 heteroatoms. The van der Waals surface area contributed by atoms with Crippen LogP contribution in [0.2, 0.25) is 0 Å². The summed E-state index contributed by atoms with van der Waals surface area (Å²) in [4.78, 5) is 6.87. The molecule has 0 aliphatic heterocycles. The van der Waals surface area contributed by atoms with Gasteiger partial charge < -0.3 is 20.1 Å². The molecule has 0 radical (unpaired) electrons. The summed E-state index contributed by atoms with van der Waals surface area (Å²) in [5, 5.41) is 6.65. The summed E-state index contributed by atoms with van der Waals surface area (Å²) in [7, 11) is 3.44. The highest BCUT2D eigenvalue weighted by molar-refractivity contribution is 7.11. The van der Waals surface area contributed by atoms with Gasteiger partial charge in [-0.1, -0.05) is 12.1 Å². The van der Waals surface area contributed by atoms with Gasteiger partial charge in [0.2, 0.25) is 0 Å². The van der Waals surface area contributed by atoms with Crippen LogP contribution in [0.15, 0.2) is 41.4 Å². The molecule has 0 bridgehead atoms. The van der Waals surface area contributed by atoms with Gasteiger partial charge in [-0.15, -0.1) is 11.3 Å². The normalized spacial score (nSPS) is 11.4. The lowest BCUT2D eigenvalue weighted by Gasteiger charge is -2.12. The Kier molecular flexibility index (Phi) is 7.58. The zero-order valence-electron chi connectivity index (χ0n) is 14.5. The Morgan fingerprint density at radius 1 is 1.12 bits per heavy atom. The van der Waals surface area contributed by atoms with E-state index in [2.05, 4.69) is 40.7 Å². The van der Waals surface area contributed by atoms with Crippen LogP contribution in [-0.4, -0.2) is 33.3 Å². The van der Waals surface area contributed by atoms with E-state index in [4.69, 9.17) is 9.47 Å². The number of hydrogen-bond donors (Lipinski definition) is 2. The summed E-state index contributed by atoms with van der Waals surface area (Å²) in [6.07, 6.45) is 0. The van der Waals surface area contributed by atoms with E-state index in [9.17, 15) is 0 Å². The summed E-state index contributed by atoms with van der Waals surface area (Å²) in [5.74, 6) is 1.63. The molecule has 1 heterocycles. The highest BCUT2D eigenvalue weighted by atomic mass is 32.1. The van der Waals surface area contributed by atoms with Crippen LogP contribution in [0.1, 0.15) is 15.3 Å². The van der Waals surface area contributed by atoms with Gasteiger partial charge in [0.1, 0.15) is 12.4 Å². The number of hydrogen-bond acceptors (Lipinski definition) is 4. The van der Waals surface area contributed by atoms with Crippen molar-refractivity contribution in [2.45, 2.75) is 20.0 Å². The first-order valence-electron chi connectivity index (χ1n) is 7.92. The maximum atomic E-state index is 5.63. The molecule has 0 fully saturated rings. The van der Waals surface area contributed by atoms with Crippen molar-refractivity contribution in [2.75, 3.05) is 27.4 Å². The molecule has 0 atom stereocenters. The van der Waals surface area contributed by atoms with Gasteiger partial charge in [-0.05, 0) is 36.8 Å². The van der Waals surface area contributed by atoms with Gasteiger partial charge in [0.05, 0.1) is 13.2 Å². The Balaban J connectivity index is 1.81. The highest BCUT2D eigenvalue weighted by Crippen LogP contribution is 2.15. The Hall–Kier alpha value is -2.05. The third-order valence-corrected chi connectivity index (χ3v) is 4.36. The molecule has 0 spiro atoms. The smallest absolute Gasteiger partial charge is 0.191 e. The molecule has 0 saturated heterocycles. The van der Waals surface area contributed by atoms with Crippen LogP contribution in [-0.2, 0) is 17.8 Å². The van der Waals surface area contributed by atoms with Crippen molar-refractivity contribution in [1.29, 1.82) is 0 Å². The molecule has 2 aromatic rings. The van der Waals surface area contributed by atoms with E-state index < -0.39 is 0 Å². The number of rotatable bonds is 8. The summed E-state index contributed by atoms with van der Waals surface area (Å²) < 4.78 is 10.6. The average Bonchev–Trinajstić information content (AvgIpc) is 3.01. The van der Waals surface area contributed by atoms with Gasteiger partial charge in [0, 0.05) is 30.5 Å². The highest BCUT2D eigenvalue weighted by Gasteiger charge is 2.02. The quantitative estimate of drug-likeness (QED) is 0.438. The van der Waals surface area contributed by atoms with E-state index in [-0.39, 0.29) is 0 Å². The summed E-state index contributed by atoms with van der Waals surface area (Å²) in [6.45, 7) is 4.71. The van der Waals surface area contributed by atoms with Crippen LogP contribution in [0, 0.1) is 6.92 Å². The fourth-order valence-electron chi connectivity index (χ4n) is 2.15. The van der Waals surface area contributed by atoms with Gasteiger partial charge in [-0.25, -0.2) is 0 Å². The summed E-state index contributed by atoms with van der Waals surface area (Å²) >= 11 is 1.79. The number of aryl methyl sites for hydroxylation is 1. The molecule has 0 saturated carbocycles. The third kappa shape index (κ3) is 6.22. The maximum Gasteiger partial charge on any atom is 0.191 e. The molecule has 0 unspecified atom stereocenters. The van der Waals surface area contributed by atoms with E-state index in [1.54, 1.807) is 25.5 Å². The number of aliphatic imine (C=N–C) groups is 1. The van der Waals surface area contributed by atoms with Crippen molar-refractivity contribution >= 4 is 17.3 Å². The molecular formula is C18H25N3O2S. The third-order valence-electron chi connectivity index (χ3n) is 3.36. The van der Waals surface area contributed by atoms with Gasteiger partial charge >= 0.3 is 0 Å². The average molecular weight is 347 g/mol. The van der Waals surface area contributed by atoms with E-state index in [0.29, 0.717) is 19.8 Å². The Labute approximate surface area is 147 Å². The van der Waals surface area contributed by atoms with E-state index in [0.717, 1.165) is 23.8 Å². The fraction of sp³-hybridized carbons (Fsp3) is 0.389. The predicted octanol–water partition coefficient (Wildman–Crippen LogP) is 2.95. The second kappa shape index (κ2) is 9.95. The maximum absolute atomic E-state index is 5.63. The number of nitrogens with zero attached hydrogens (tertiary/aromatic N) is 1. The van der Waals surface area contributed by atoms with Crippen molar-refractivity contribution in [1.82, 2.24) is 10.6 Å². The van der Waals surface area contributed by atoms with Crippen molar-refractivity contribution in [3.05, 3.63) is 51.7 Å². The first-order valence-corrected chi connectivity index (χ1v) is 8.73. The minimum atomic E-state index is 0.552. The van der Waals surface area contributed by atoms with Crippen LogP contribution < -0.4 is 15.4 Å². The number of nitrogens with one attached hydrogen (secondary N) is 2. The first-order chi connectivity index (χ1) is 11.7. The molecule has 24 heavy (non-hydrogen) atoms. The van der Waals surface area contributed by atoms with Crippen molar-refractivity contribution in [2.24, 2.45) is 4.99 Å². The standard InChI is InChI=1S/C18H25N3O2S/c1-14-7-8-17(24-14)13-21-18(19-2)20-12-15-5-4-6-16(11-15)23-10-9-22-3/h4-8,11H,9-10,12-13H2,1-3H3,(H2,19,20,21). The van der Waals surface area contributed by atoms with Crippen LogP contribution in [0.3, 0.4) is 0 Å². The molecule has 1 aromatic heterocycles. The molecule has 0 aliphatic rings. The zero-order chi connectivity index (χ0) is 17.2. The van der Waals surface area contributed by atoms with Crippen molar-refractivity contribution in [3.8, 4) is 5.75 Å². The molecule has 0 aliphatic carbocycles. The summed E-state index contributed by atoms with van der Waals surface area (Å²) in [6, 6.07) is 12.3. The molecule has 2 N–H and O–H groups in total. The van der Waals surface area contributed by atoms with Crippen LogP contribution in [0.4, 0.5) is 0 Å². The Bertz CT molecular complexity index is 655. The Morgan fingerprint density at radius 2 is 1.96 bits per heavy atom. The lowest BCUT2D eigenvalue weighted by molar-refractivity contribution is 0.146. The van der Waals surface area contributed by atoms with E-state index in [1.165, 1.54) is 9.75 Å². The molecular weight excluding hydrogens is 322 g/mol. The van der Waals surface area contributed by atoms with Gasteiger partial charge in [0.25, 0.3) is 0 Å². The predicted molar refractivity (Wildman–Crippen MR) is 99.9 cm³/mol. The van der Waals surface area contributed by atoms with Crippen LogP contribution in [0.5, 0.6) is 5.75 Å². The number of benzene rings is 1. The number of ether oxygens (including phenoxy) is 2. The first kappa shape index (κ1) is 18.3. The second-order valence-corrected chi connectivity index (χ2v) is 6.65. The van der Waals surface area contributed by atoms with E-state index in [1.807, 2.05) is 18.2 Å². The lowest BCUT2D eigenvalue weighted by Crippen LogP contribution is -2.36. The molecule has 1 aromatic carbocycles. The van der Waals surface area contributed by atoms with Crippen molar-refractivity contribution < 1.29 is 9.47 Å². The number of methoxy groups -OCH3 is 1. The van der Waals surface area contributed by atoms with E-state index >= 15 is 0 Å². The minimum Gasteiger partial charge on any atom is -0.491 e. The number of thiophene rings is 1. The minimum absolute atomic E-state index is 0.552. The van der Waals surface area contributed by atoms with Gasteiger partial charge in [0.15, 0.2) is 5.96 Å². The molecule has 0 amide bonds. The van der Waals surface area contributed by atoms with Crippen molar-refractivity contribution in [3.63, 3.8) is 0 Å². The zero-order valence-corrected chi connectivity index (χ0v) is 15.3. The van der Waals surface area contributed by atoms with Gasteiger partial charge in [-0.2, -0.15) is 0 Å². The monoisotopic (exact) mass is 347 g/mol. The molecule has 5 nitrogen and oxygen atoms in total. The molecule has 130 valence electrons.